The summed E-state index contributed by atoms with van der Waals surface area (Å²) in [5, 5.41) is 7.67. The molecule has 0 saturated carbocycles. The molecule has 7 nitrogen and oxygen atoms in total. The van der Waals surface area contributed by atoms with Crippen molar-refractivity contribution in [2.45, 2.75) is 30.9 Å². The molecule has 0 aliphatic carbocycles. The van der Waals surface area contributed by atoms with Crippen molar-refractivity contribution >= 4 is 9.84 Å². The van der Waals surface area contributed by atoms with Gasteiger partial charge in [-0.3, -0.25) is 4.98 Å². The van der Waals surface area contributed by atoms with Crippen LogP contribution in [0.1, 0.15) is 19.5 Å². The molecule has 0 aliphatic rings. The van der Waals surface area contributed by atoms with Gasteiger partial charge in [0, 0.05) is 11.1 Å². The fourth-order valence-corrected chi connectivity index (χ4v) is 4.23. The van der Waals surface area contributed by atoms with E-state index in [0.717, 1.165) is 5.56 Å². The highest BCUT2D eigenvalue weighted by Gasteiger charge is 2.24. The minimum Gasteiger partial charge on any atom is -0.415 e. The minimum absolute atomic E-state index is 0.222. The summed E-state index contributed by atoms with van der Waals surface area (Å²) in [5.74, 6) is 0.602. The Morgan fingerprint density at radius 3 is 2.30 bits per heavy atom. The van der Waals surface area contributed by atoms with Gasteiger partial charge >= 0.3 is 0 Å². The van der Waals surface area contributed by atoms with E-state index in [2.05, 4.69) is 20.2 Å². The van der Waals surface area contributed by atoms with E-state index >= 15 is 0 Å². The van der Waals surface area contributed by atoms with Crippen molar-refractivity contribution < 1.29 is 12.8 Å². The summed E-state index contributed by atoms with van der Waals surface area (Å²) in [4.78, 5) is 9.25. The zero-order valence-electron chi connectivity index (χ0n) is 16.8. The van der Waals surface area contributed by atoms with Crippen molar-refractivity contribution in [3.05, 3.63) is 66.5 Å². The number of aromatic nitrogens is 4. The topological polar surface area (TPSA) is 98.8 Å². The fraction of sp³-hybridized carbons (Fsp3) is 0.182. The smallest absolute Gasteiger partial charge is 0.268 e. The Morgan fingerprint density at radius 2 is 1.57 bits per heavy atom. The first-order valence-electron chi connectivity index (χ1n) is 9.44. The molecule has 4 aromatic rings. The average molecular weight is 420 g/mol. The predicted molar refractivity (Wildman–Crippen MR) is 113 cm³/mol. The summed E-state index contributed by atoms with van der Waals surface area (Å²) >= 11 is 0. The van der Waals surface area contributed by atoms with Crippen molar-refractivity contribution in [3.8, 4) is 34.3 Å². The summed E-state index contributed by atoms with van der Waals surface area (Å²) < 4.78 is 31.5. The van der Waals surface area contributed by atoms with Gasteiger partial charge in [-0.25, -0.2) is 13.4 Å². The van der Waals surface area contributed by atoms with Crippen LogP contribution in [0, 0.1) is 6.92 Å². The van der Waals surface area contributed by atoms with Crippen molar-refractivity contribution in [2.75, 3.05) is 0 Å². The first kappa shape index (κ1) is 19.9. The maximum Gasteiger partial charge on any atom is 0.268 e. The number of benzene rings is 2. The molecule has 0 fully saturated rings. The van der Waals surface area contributed by atoms with E-state index < -0.39 is 15.1 Å². The van der Waals surface area contributed by atoms with Crippen LogP contribution in [0.3, 0.4) is 0 Å². The number of aryl methyl sites for hydroxylation is 1. The number of hydrogen-bond acceptors (Lipinski definition) is 7. The third-order valence-electron chi connectivity index (χ3n) is 4.69. The van der Waals surface area contributed by atoms with Gasteiger partial charge in [0.25, 0.3) is 5.89 Å². The predicted octanol–water partition coefficient (Wildman–Crippen LogP) is 4.35. The largest absolute Gasteiger partial charge is 0.415 e. The van der Waals surface area contributed by atoms with Gasteiger partial charge in [0.1, 0.15) is 5.69 Å². The first-order valence-corrected chi connectivity index (χ1v) is 11.0. The minimum atomic E-state index is -3.49. The van der Waals surface area contributed by atoms with Gasteiger partial charge in [-0.15, -0.1) is 10.2 Å². The first-order chi connectivity index (χ1) is 14.4. The molecule has 2 aromatic heterocycles. The van der Waals surface area contributed by atoms with E-state index in [1.807, 2.05) is 30.3 Å². The van der Waals surface area contributed by atoms with Gasteiger partial charge in [0.2, 0.25) is 5.89 Å². The van der Waals surface area contributed by atoms with Crippen LogP contribution in [0.15, 0.2) is 70.1 Å². The zero-order valence-corrected chi connectivity index (χ0v) is 17.6. The number of sulfone groups is 1. The quantitative estimate of drug-likeness (QED) is 0.473. The van der Waals surface area contributed by atoms with Crippen LogP contribution in [0.25, 0.3) is 34.3 Å². The molecule has 152 valence electrons. The lowest BCUT2D eigenvalue weighted by Gasteiger charge is -2.13. The lowest BCUT2D eigenvalue weighted by Crippen LogP contribution is -2.15. The van der Waals surface area contributed by atoms with Crippen molar-refractivity contribution in [2.24, 2.45) is 0 Å². The van der Waals surface area contributed by atoms with E-state index in [1.54, 1.807) is 51.2 Å². The van der Waals surface area contributed by atoms with Gasteiger partial charge < -0.3 is 4.42 Å². The summed E-state index contributed by atoms with van der Waals surface area (Å²) in [6.45, 7) is 5.10. The summed E-state index contributed by atoms with van der Waals surface area (Å²) in [6, 6.07) is 16.2. The molecule has 0 saturated heterocycles. The molecular formula is C22H20N4O3S. The lowest BCUT2D eigenvalue weighted by molar-refractivity contribution is 0.581. The van der Waals surface area contributed by atoms with Gasteiger partial charge in [-0.1, -0.05) is 36.4 Å². The molecule has 0 aliphatic heterocycles. The standard InChI is InChI=1S/C22H20N4O3S/c1-14(2)30(27,28)19-12-8-7-11-17(19)18-13-23-15(3)20(24-18)22-26-25-21(29-22)16-9-5-4-6-10-16/h4-14H,1-3H3. The zero-order chi connectivity index (χ0) is 21.3. The van der Waals surface area contributed by atoms with E-state index in [0.29, 0.717) is 28.5 Å². The molecule has 4 rings (SSSR count). The number of rotatable bonds is 5. The summed E-state index contributed by atoms with van der Waals surface area (Å²) in [5.41, 5.74) is 2.73. The molecule has 0 radical (unpaired) electrons. The second-order valence-electron chi connectivity index (χ2n) is 7.06. The Labute approximate surface area is 174 Å². The Balaban J connectivity index is 1.81. The van der Waals surface area contributed by atoms with Crippen LogP contribution in [0.2, 0.25) is 0 Å². The Morgan fingerprint density at radius 1 is 0.900 bits per heavy atom. The third kappa shape index (κ3) is 3.61. The molecule has 0 spiro atoms. The van der Waals surface area contributed by atoms with Gasteiger partial charge in [0.15, 0.2) is 9.84 Å². The van der Waals surface area contributed by atoms with Crippen LogP contribution in [0.5, 0.6) is 0 Å². The normalized spacial score (nSPS) is 11.7. The Kier molecular flexibility index (Phi) is 5.17. The van der Waals surface area contributed by atoms with Crippen LogP contribution >= 0.6 is 0 Å². The Hall–Kier alpha value is -3.39. The summed E-state index contributed by atoms with van der Waals surface area (Å²) in [6.07, 6.45) is 1.56. The van der Waals surface area contributed by atoms with Crippen LogP contribution in [-0.2, 0) is 9.84 Å². The van der Waals surface area contributed by atoms with E-state index in [4.69, 9.17) is 4.42 Å². The highest BCUT2D eigenvalue weighted by molar-refractivity contribution is 7.92. The van der Waals surface area contributed by atoms with Gasteiger partial charge in [0.05, 0.1) is 27.7 Å². The van der Waals surface area contributed by atoms with Crippen LogP contribution in [-0.4, -0.2) is 33.8 Å². The molecule has 30 heavy (non-hydrogen) atoms. The molecule has 0 N–H and O–H groups in total. The van der Waals surface area contributed by atoms with Crippen molar-refractivity contribution in [1.82, 2.24) is 20.2 Å². The number of hydrogen-bond donors (Lipinski definition) is 0. The van der Waals surface area contributed by atoms with Crippen molar-refractivity contribution in [3.63, 3.8) is 0 Å². The molecule has 0 atom stereocenters. The maximum atomic E-state index is 12.8. The monoisotopic (exact) mass is 420 g/mol. The SMILES string of the molecule is Cc1ncc(-c2ccccc2S(=O)(=O)C(C)C)nc1-c1nnc(-c2ccccc2)o1. The number of nitrogens with zero attached hydrogens (tertiary/aromatic N) is 4. The maximum absolute atomic E-state index is 12.8. The third-order valence-corrected chi connectivity index (χ3v) is 6.90. The molecule has 8 heteroatoms. The molecule has 0 amide bonds. The van der Waals surface area contributed by atoms with E-state index in [1.165, 1.54) is 0 Å². The van der Waals surface area contributed by atoms with Crippen LogP contribution in [0.4, 0.5) is 0 Å². The highest BCUT2D eigenvalue weighted by Crippen LogP contribution is 2.31. The lowest BCUT2D eigenvalue weighted by atomic mass is 10.1. The van der Waals surface area contributed by atoms with E-state index in [-0.39, 0.29) is 10.8 Å². The fourth-order valence-electron chi connectivity index (χ4n) is 2.98. The molecule has 0 bridgehead atoms. The molecular weight excluding hydrogens is 400 g/mol. The van der Waals surface area contributed by atoms with Crippen molar-refractivity contribution in [1.29, 1.82) is 0 Å². The summed E-state index contributed by atoms with van der Waals surface area (Å²) in [7, 11) is -3.49. The highest BCUT2D eigenvalue weighted by atomic mass is 32.2. The molecule has 2 heterocycles. The van der Waals surface area contributed by atoms with E-state index in [9.17, 15) is 8.42 Å². The second-order valence-corrected chi connectivity index (χ2v) is 9.53. The molecule has 2 aromatic carbocycles. The van der Waals surface area contributed by atoms with Gasteiger partial charge in [-0.2, -0.15) is 0 Å². The average Bonchev–Trinajstić information content (AvgIpc) is 3.25. The molecule has 0 unspecified atom stereocenters. The Bertz CT molecular complexity index is 1300. The van der Waals surface area contributed by atoms with Crippen LogP contribution < -0.4 is 0 Å². The van der Waals surface area contributed by atoms with Gasteiger partial charge in [-0.05, 0) is 39.0 Å². The second kappa shape index (κ2) is 7.79.